The number of ether oxygens (including phenoxy) is 1. The van der Waals surface area contributed by atoms with Crippen molar-refractivity contribution in [3.8, 4) is 0 Å². The summed E-state index contributed by atoms with van der Waals surface area (Å²) in [6, 6.07) is 0. The number of carbonyl (C=O) groups excluding carboxylic acids is 2. The average Bonchev–Trinajstić information content (AvgIpc) is 2.85. The molecule has 0 radical (unpaired) electrons. The quantitative estimate of drug-likeness (QED) is 0.115. The Bertz CT molecular complexity index is 728. The molecule has 0 aliphatic heterocycles. The van der Waals surface area contributed by atoms with Crippen LogP contribution in [0.1, 0.15) is 65.2 Å². The van der Waals surface area contributed by atoms with E-state index in [1.54, 1.807) is 13.0 Å². The molecule has 0 unspecified atom stereocenters. The van der Waals surface area contributed by atoms with Crippen molar-refractivity contribution in [3.05, 3.63) is 85.1 Å². The van der Waals surface area contributed by atoms with Crippen molar-refractivity contribution in [1.82, 2.24) is 10.6 Å². The molecule has 0 aliphatic carbocycles. The van der Waals surface area contributed by atoms with Gasteiger partial charge in [0.2, 0.25) is 11.8 Å². The summed E-state index contributed by atoms with van der Waals surface area (Å²) >= 11 is 0. The molecule has 0 bridgehead atoms. The van der Waals surface area contributed by atoms with E-state index in [1.807, 2.05) is 6.08 Å². The normalized spacial score (nSPS) is 12.6. The Morgan fingerprint density at radius 1 is 0.657 bits per heavy atom. The Balaban J connectivity index is 3.55. The van der Waals surface area contributed by atoms with Crippen molar-refractivity contribution >= 4 is 11.8 Å². The first-order valence-electron chi connectivity index (χ1n) is 12.9. The number of hydrogen-bond donors (Lipinski definition) is 2. The summed E-state index contributed by atoms with van der Waals surface area (Å²) < 4.78 is 5.37. The Kier molecular flexibility index (Phi) is 25.0. The fourth-order valence-corrected chi connectivity index (χ4v) is 2.76. The first-order chi connectivity index (χ1) is 17.2. The topological polar surface area (TPSA) is 67.4 Å². The third-order valence-electron chi connectivity index (χ3n) is 4.57. The lowest BCUT2D eigenvalue weighted by Crippen LogP contribution is -2.29. The zero-order valence-electron chi connectivity index (χ0n) is 21.8. The molecule has 0 heterocycles. The highest BCUT2D eigenvalue weighted by molar-refractivity contribution is 5.87. The summed E-state index contributed by atoms with van der Waals surface area (Å²) in [5, 5.41) is 5.53. The van der Waals surface area contributed by atoms with Crippen LogP contribution < -0.4 is 10.6 Å². The van der Waals surface area contributed by atoms with E-state index in [0.717, 1.165) is 44.9 Å². The van der Waals surface area contributed by atoms with Crippen LogP contribution in [0.15, 0.2) is 85.1 Å². The van der Waals surface area contributed by atoms with Gasteiger partial charge in [-0.3, -0.25) is 9.59 Å². The molecule has 0 aromatic rings. The van der Waals surface area contributed by atoms with Crippen LogP contribution in [0.3, 0.4) is 0 Å². The number of allylic oxidation sites excluding steroid dienone is 13. The van der Waals surface area contributed by atoms with E-state index in [9.17, 15) is 9.59 Å². The van der Waals surface area contributed by atoms with E-state index in [0.29, 0.717) is 32.7 Å². The molecule has 5 nitrogen and oxygen atoms in total. The van der Waals surface area contributed by atoms with Gasteiger partial charge in [-0.25, -0.2) is 0 Å². The third-order valence-corrected chi connectivity index (χ3v) is 4.57. The molecule has 2 amide bonds. The van der Waals surface area contributed by atoms with Gasteiger partial charge in [-0.05, 0) is 57.9 Å². The van der Waals surface area contributed by atoms with Crippen molar-refractivity contribution in [2.24, 2.45) is 0 Å². The molecule has 5 heteroatoms. The predicted octanol–water partition coefficient (Wildman–Crippen LogP) is 6.29. The number of rotatable bonds is 21. The first-order valence-corrected chi connectivity index (χ1v) is 12.9. The second-order valence-corrected chi connectivity index (χ2v) is 7.71. The van der Waals surface area contributed by atoms with Crippen LogP contribution in [0.25, 0.3) is 0 Å². The Labute approximate surface area is 213 Å². The van der Waals surface area contributed by atoms with E-state index in [4.69, 9.17) is 4.74 Å². The van der Waals surface area contributed by atoms with Crippen LogP contribution in [-0.2, 0) is 14.3 Å². The molecule has 35 heavy (non-hydrogen) atoms. The Hall–Kier alpha value is -2.92. The van der Waals surface area contributed by atoms with Gasteiger partial charge >= 0.3 is 0 Å². The molecule has 0 saturated heterocycles. The molecule has 0 aromatic carbocycles. The van der Waals surface area contributed by atoms with Crippen molar-refractivity contribution in [1.29, 1.82) is 0 Å². The van der Waals surface area contributed by atoms with Crippen LogP contribution in [0, 0.1) is 0 Å². The summed E-state index contributed by atoms with van der Waals surface area (Å²) in [6.07, 6.45) is 36.3. The van der Waals surface area contributed by atoms with Gasteiger partial charge in [0.1, 0.15) is 0 Å². The lowest BCUT2D eigenvalue weighted by Gasteiger charge is -2.06. The standard InChI is InChI=1S/C30H46N2O3/c1-3-5-6-7-8-9-10-11-12-13-14-15-16-17-18-19-20-21-22-24-30(34)32-26-28-35-27-25-31-29(33)23-4-2/h4-6,8-9,11-12,14-15,17-18,20-21,23H,3,7,10,13,16,19,22,24-28H2,1-2H3,(H,31,33)(H,32,34). The third kappa shape index (κ3) is 27.2. The Morgan fingerprint density at radius 2 is 1.11 bits per heavy atom. The van der Waals surface area contributed by atoms with E-state index in [1.165, 1.54) is 6.08 Å². The minimum atomic E-state index is -0.126. The van der Waals surface area contributed by atoms with Crippen molar-refractivity contribution in [3.63, 3.8) is 0 Å². The molecule has 0 fully saturated rings. The molecule has 0 atom stereocenters. The predicted molar refractivity (Wildman–Crippen MR) is 149 cm³/mol. The van der Waals surface area contributed by atoms with Gasteiger partial charge < -0.3 is 15.4 Å². The summed E-state index contributed by atoms with van der Waals surface area (Å²) in [7, 11) is 0. The molecular weight excluding hydrogens is 436 g/mol. The first kappa shape index (κ1) is 32.1. The highest BCUT2D eigenvalue weighted by Gasteiger charge is 1.98. The van der Waals surface area contributed by atoms with Crippen molar-refractivity contribution in [2.45, 2.75) is 65.2 Å². The fourth-order valence-electron chi connectivity index (χ4n) is 2.76. The van der Waals surface area contributed by atoms with Crippen LogP contribution in [0.5, 0.6) is 0 Å². The van der Waals surface area contributed by atoms with Gasteiger partial charge in [-0.15, -0.1) is 0 Å². The van der Waals surface area contributed by atoms with Crippen molar-refractivity contribution < 1.29 is 14.3 Å². The van der Waals surface area contributed by atoms with E-state index >= 15 is 0 Å². The maximum Gasteiger partial charge on any atom is 0.243 e. The lowest BCUT2D eigenvalue weighted by molar-refractivity contribution is -0.121. The largest absolute Gasteiger partial charge is 0.378 e. The van der Waals surface area contributed by atoms with Gasteiger partial charge in [0.25, 0.3) is 0 Å². The van der Waals surface area contributed by atoms with Crippen LogP contribution in [0.2, 0.25) is 0 Å². The SMILES string of the molecule is CC=CC(=O)NCCOCCNC(=O)CCC=CCC=CCC=CCC=CCC=CCC=CCC. The molecular formula is C30H46N2O3. The number of nitrogens with one attached hydrogen (secondary N) is 2. The maximum absolute atomic E-state index is 11.8. The molecule has 194 valence electrons. The maximum atomic E-state index is 11.8. The molecule has 0 aromatic heterocycles. The Morgan fingerprint density at radius 3 is 1.60 bits per heavy atom. The highest BCUT2D eigenvalue weighted by Crippen LogP contribution is 1.97. The van der Waals surface area contributed by atoms with Gasteiger partial charge in [0, 0.05) is 19.5 Å². The van der Waals surface area contributed by atoms with Gasteiger partial charge in [-0.1, -0.05) is 85.9 Å². The molecule has 0 aliphatic rings. The smallest absolute Gasteiger partial charge is 0.243 e. The van der Waals surface area contributed by atoms with Crippen LogP contribution in [0.4, 0.5) is 0 Å². The van der Waals surface area contributed by atoms with E-state index in [2.05, 4.69) is 84.4 Å². The summed E-state index contributed by atoms with van der Waals surface area (Å²) in [6.45, 7) is 5.74. The van der Waals surface area contributed by atoms with Crippen LogP contribution >= 0.6 is 0 Å². The summed E-state index contributed by atoms with van der Waals surface area (Å²) in [5.74, 6) is -0.103. The van der Waals surface area contributed by atoms with E-state index < -0.39 is 0 Å². The molecule has 2 N–H and O–H groups in total. The van der Waals surface area contributed by atoms with Gasteiger partial charge in [0.15, 0.2) is 0 Å². The van der Waals surface area contributed by atoms with Gasteiger partial charge in [0.05, 0.1) is 13.2 Å². The highest BCUT2D eigenvalue weighted by atomic mass is 16.5. The lowest BCUT2D eigenvalue weighted by atomic mass is 10.2. The second-order valence-electron chi connectivity index (χ2n) is 7.71. The average molecular weight is 483 g/mol. The summed E-state index contributed by atoms with van der Waals surface area (Å²) in [5.41, 5.74) is 0. The monoisotopic (exact) mass is 482 g/mol. The number of carbonyl (C=O) groups is 2. The molecule has 0 rings (SSSR count). The van der Waals surface area contributed by atoms with Crippen molar-refractivity contribution in [2.75, 3.05) is 26.3 Å². The number of hydrogen-bond acceptors (Lipinski definition) is 3. The zero-order chi connectivity index (χ0) is 25.7. The number of amides is 2. The molecule has 0 spiro atoms. The summed E-state index contributed by atoms with van der Waals surface area (Å²) in [4.78, 5) is 23.0. The van der Waals surface area contributed by atoms with E-state index in [-0.39, 0.29) is 11.8 Å². The zero-order valence-corrected chi connectivity index (χ0v) is 21.8. The minimum Gasteiger partial charge on any atom is -0.378 e. The minimum absolute atomic E-state index is 0.0227. The van der Waals surface area contributed by atoms with Crippen LogP contribution in [-0.4, -0.2) is 38.1 Å². The molecule has 0 saturated carbocycles. The van der Waals surface area contributed by atoms with Gasteiger partial charge in [-0.2, -0.15) is 0 Å². The fraction of sp³-hybridized carbons (Fsp3) is 0.467. The second kappa shape index (κ2) is 27.3.